The summed E-state index contributed by atoms with van der Waals surface area (Å²) in [5.74, 6) is 0.501. The van der Waals surface area contributed by atoms with E-state index >= 15 is 0 Å². The van der Waals surface area contributed by atoms with Crippen LogP contribution in [0.5, 0.6) is 0 Å². The summed E-state index contributed by atoms with van der Waals surface area (Å²) < 4.78 is 0. The van der Waals surface area contributed by atoms with Gasteiger partial charge in [0.25, 0.3) is 11.8 Å². The van der Waals surface area contributed by atoms with Crippen LogP contribution < -0.4 is 16.0 Å². The maximum absolute atomic E-state index is 12.0. The van der Waals surface area contributed by atoms with E-state index in [9.17, 15) is 9.59 Å². The van der Waals surface area contributed by atoms with Gasteiger partial charge in [-0.15, -0.1) is 11.3 Å². The molecule has 3 N–H and O–H groups in total. The number of aliphatic imine (C=N–C) groups is 1. The zero-order valence-electron chi connectivity index (χ0n) is 16.6. The molecule has 28 heavy (non-hydrogen) atoms. The van der Waals surface area contributed by atoms with Crippen LogP contribution in [0.2, 0.25) is 0 Å². The highest BCUT2D eigenvalue weighted by atomic mass is 32.1. The number of rotatable bonds is 7. The summed E-state index contributed by atoms with van der Waals surface area (Å²) in [6, 6.07) is 7.45. The lowest BCUT2D eigenvalue weighted by atomic mass is 10.1. The molecule has 9 heteroatoms. The number of aryl methyl sites for hydroxylation is 1. The molecule has 2 amide bonds. The number of carbonyl (C=O) groups is 2. The van der Waals surface area contributed by atoms with Crippen molar-refractivity contribution in [2.75, 3.05) is 34.2 Å². The van der Waals surface area contributed by atoms with Gasteiger partial charge in [0.15, 0.2) is 5.96 Å². The second-order valence-corrected chi connectivity index (χ2v) is 7.13. The van der Waals surface area contributed by atoms with Gasteiger partial charge in [-0.25, -0.2) is 4.98 Å². The Kier molecular flexibility index (Phi) is 7.94. The van der Waals surface area contributed by atoms with Crippen molar-refractivity contribution in [3.63, 3.8) is 0 Å². The fourth-order valence-corrected chi connectivity index (χ4v) is 3.11. The van der Waals surface area contributed by atoms with E-state index in [1.807, 2.05) is 31.2 Å². The lowest BCUT2D eigenvalue weighted by Crippen LogP contribution is -2.41. The molecule has 1 aromatic carbocycles. The lowest BCUT2D eigenvalue weighted by molar-refractivity contribution is 0.0827. The number of aromatic nitrogens is 1. The monoisotopic (exact) mass is 402 g/mol. The molecule has 0 radical (unpaired) electrons. The number of thiazole rings is 1. The van der Waals surface area contributed by atoms with Crippen LogP contribution in [0.15, 0.2) is 34.8 Å². The average molecular weight is 403 g/mol. The third kappa shape index (κ3) is 6.05. The van der Waals surface area contributed by atoms with Crippen LogP contribution in [0, 0.1) is 6.92 Å². The lowest BCUT2D eigenvalue weighted by Gasteiger charge is -2.13. The predicted octanol–water partition coefficient (Wildman–Crippen LogP) is 1.25. The van der Waals surface area contributed by atoms with Crippen molar-refractivity contribution in [2.24, 2.45) is 4.99 Å². The molecule has 0 saturated carbocycles. The molecule has 1 aromatic heterocycles. The van der Waals surface area contributed by atoms with Gasteiger partial charge < -0.3 is 20.9 Å². The number of carbonyl (C=O) groups excluding carboxylic acids is 2. The number of nitrogens with zero attached hydrogens (tertiary/aromatic N) is 3. The maximum Gasteiger partial charge on any atom is 0.263 e. The summed E-state index contributed by atoms with van der Waals surface area (Å²) in [4.78, 5) is 34.4. The Morgan fingerprint density at radius 3 is 2.36 bits per heavy atom. The maximum atomic E-state index is 12.0. The number of guanidine groups is 1. The number of benzene rings is 1. The van der Waals surface area contributed by atoms with Crippen molar-refractivity contribution in [2.45, 2.75) is 13.5 Å². The standard InChI is InChI=1S/C19H26N6O2S/c1-13-16(28-12-24-13)17(26)21-9-10-22-19(20-2)23-11-14-5-7-15(8-6-14)18(27)25(3)4/h5-8,12H,9-11H2,1-4H3,(H,21,26)(H2,20,22,23). The van der Waals surface area contributed by atoms with Crippen LogP contribution in [0.4, 0.5) is 0 Å². The first kappa shape index (κ1) is 21.4. The summed E-state index contributed by atoms with van der Waals surface area (Å²) in [6.45, 7) is 3.40. The predicted molar refractivity (Wildman–Crippen MR) is 112 cm³/mol. The highest BCUT2D eigenvalue weighted by Crippen LogP contribution is 2.11. The van der Waals surface area contributed by atoms with E-state index in [2.05, 4.69) is 25.9 Å². The normalized spacial score (nSPS) is 11.1. The summed E-state index contributed by atoms with van der Waals surface area (Å²) in [5, 5.41) is 9.21. The summed E-state index contributed by atoms with van der Waals surface area (Å²) >= 11 is 1.33. The van der Waals surface area contributed by atoms with Crippen molar-refractivity contribution in [3.8, 4) is 0 Å². The second kappa shape index (κ2) is 10.4. The van der Waals surface area contributed by atoms with E-state index in [1.165, 1.54) is 11.3 Å². The molecule has 2 rings (SSSR count). The van der Waals surface area contributed by atoms with E-state index in [4.69, 9.17) is 0 Å². The molecular weight excluding hydrogens is 376 g/mol. The van der Waals surface area contributed by atoms with Crippen molar-refractivity contribution >= 4 is 29.1 Å². The Hall–Kier alpha value is -2.94. The Bertz CT molecular complexity index is 829. The molecule has 0 aliphatic heterocycles. The van der Waals surface area contributed by atoms with Crippen LogP contribution in [-0.2, 0) is 6.54 Å². The zero-order chi connectivity index (χ0) is 20.5. The van der Waals surface area contributed by atoms with Gasteiger partial charge in [-0.1, -0.05) is 12.1 Å². The molecule has 0 fully saturated rings. The number of hydrogen-bond donors (Lipinski definition) is 3. The minimum atomic E-state index is -0.114. The molecule has 0 aliphatic rings. The van der Waals surface area contributed by atoms with Crippen molar-refractivity contribution in [1.29, 1.82) is 0 Å². The van der Waals surface area contributed by atoms with Gasteiger partial charge in [0.05, 0.1) is 11.2 Å². The van der Waals surface area contributed by atoms with Crippen LogP contribution in [0.25, 0.3) is 0 Å². The minimum absolute atomic E-state index is 0.0208. The highest BCUT2D eigenvalue weighted by molar-refractivity contribution is 7.11. The molecule has 0 saturated heterocycles. The SMILES string of the molecule is CN=C(NCCNC(=O)c1scnc1C)NCc1ccc(C(=O)N(C)C)cc1. The molecule has 8 nitrogen and oxygen atoms in total. The first-order chi connectivity index (χ1) is 13.4. The summed E-state index contributed by atoms with van der Waals surface area (Å²) in [6.07, 6.45) is 0. The Morgan fingerprint density at radius 2 is 1.79 bits per heavy atom. The van der Waals surface area contributed by atoms with Crippen molar-refractivity contribution < 1.29 is 9.59 Å². The minimum Gasteiger partial charge on any atom is -0.355 e. The largest absolute Gasteiger partial charge is 0.355 e. The molecular formula is C19H26N6O2S. The number of hydrogen-bond acceptors (Lipinski definition) is 5. The fourth-order valence-electron chi connectivity index (χ4n) is 2.39. The zero-order valence-corrected chi connectivity index (χ0v) is 17.4. The topological polar surface area (TPSA) is 98.7 Å². The first-order valence-electron chi connectivity index (χ1n) is 8.85. The molecule has 150 valence electrons. The van der Waals surface area contributed by atoms with Gasteiger partial charge in [-0.05, 0) is 24.6 Å². The highest BCUT2D eigenvalue weighted by Gasteiger charge is 2.11. The van der Waals surface area contributed by atoms with Crippen LogP contribution in [0.1, 0.15) is 31.3 Å². The van der Waals surface area contributed by atoms with Gasteiger partial charge in [-0.3, -0.25) is 14.6 Å². The van der Waals surface area contributed by atoms with Crippen LogP contribution in [0.3, 0.4) is 0 Å². The average Bonchev–Trinajstić information content (AvgIpc) is 3.13. The molecule has 0 spiro atoms. The van der Waals surface area contributed by atoms with E-state index in [0.717, 1.165) is 11.3 Å². The smallest absolute Gasteiger partial charge is 0.263 e. The van der Waals surface area contributed by atoms with Gasteiger partial charge in [-0.2, -0.15) is 0 Å². The van der Waals surface area contributed by atoms with E-state index in [1.54, 1.807) is 31.6 Å². The molecule has 1 heterocycles. The number of amides is 2. The van der Waals surface area contributed by atoms with Crippen molar-refractivity contribution in [3.05, 3.63) is 51.5 Å². The molecule has 0 bridgehead atoms. The van der Waals surface area contributed by atoms with Gasteiger partial charge in [0.1, 0.15) is 4.88 Å². The molecule has 2 aromatic rings. The molecule has 0 unspecified atom stereocenters. The Morgan fingerprint density at radius 1 is 1.11 bits per heavy atom. The van der Waals surface area contributed by atoms with E-state index < -0.39 is 0 Å². The quantitative estimate of drug-likeness (QED) is 0.368. The van der Waals surface area contributed by atoms with Gasteiger partial charge in [0.2, 0.25) is 0 Å². The Labute approximate surface area is 169 Å². The third-order valence-electron chi connectivity index (χ3n) is 3.95. The van der Waals surface area contributed by atoms with E-state index in [0.29, 0.717) is 36.0 Å². The summed E-state index contributed by atoms with van der Waals surface area (Å²) in [5.41, 5.74) is 4.10. The molecule has 0 aliphatic carbocycles. The first-order valence-corrected chi connectivity index (χ1v) is 9.73. The third-order valence-corrected chi connectivity index (χ3v) is 4.87. The van der Waals surface area contributed by atoms with Crippen LogP contribution in [-0.4, -0.2) is 61.9 Å². The number of nitrogens with one attached hydrogen (secondary N) is 3. The van der Waals surface area contributed by atoms with E-state index in [-0.39, 0.29) is 11.8 Å². The van der Waals surface area contributed by atoms with Gasteiger partial charge in [0, 0.05) is 46.3 Å². The van der Waals surface area contributed by atoms with Crippen molar-refractivity contribution in [1.82, 2.24) is 25.8 Å². The van der Waals surface area contributed by atoms with Gasteiger partial charge >= 0.3 is 0 Å². The van der Waals surface area contributed by atoms with Crippen LogP contribution >= 0.6 is 11.3 Å². The Balaban J connectivity index is 1.73. The fraction of sp³-hybridized carbons (Fsp3) is 0.368. The second-order valence-electron chi connectivity index (χ2n) is 6.27. The summed E-state index contributed by atoms with van der Waals surface area (Å²) in [7, 11) is 5.15. The molecule has 0 atom stereocenters.